The summed E-state index contributed by atoms with van der Waals surface area (Å²) < 4.78 is 1.04. The number of nitrogens with one attached hydrogen (secondary N) is 2. The fraction of sp³-hybridized carbons (Fsp3) is 0.320. The molecule has 0 spiro atoms. The van der Waals surface area contributed by atoms with Crippen LogP contribution in [0.5, 0.6) is 0 Å². The average molecular weight is 493 g/mol. The number of ketones is 1. The number of non-ortho nitro benzene ring substituents is 1. The summed E-state index contributed by atoms with van der Waals surface area (Å²) in [6, 6.07) is 14.4. The topological polar surface area (TPSA) is 134 Å². The highest BCUT2D eigenvalue weighted by atomic mass is 16.6. The zero-order chi connectivity index (χ0) is 25.7. The highest BCUT2D eigenvalue weighted by Gasteiger charge is 2.20. The predicted octanol–water partition coefficient (Wildman–Crippen LogP) is 1.84. The van der Waals surface area contributed by atoms with Gasteiger partial charge in [-0.05, 0) is 19.0 Å². The number of piperazine rings is 1. The molecule has 0 atom stereocenters. The van der Waals surface area contributed by atoms with Gasteiger partial charge in [-0.2, -0.15) is 0 Å². The lowest BCUT2D eigenvalue weighted by Gasteiger charge is -2.35. The second-order valence-corrected chi connectivity index (χ2v) is 8.65. The van der Waals surface area contributed by atoms with Gasteiger partial charge in [0.25, 0.3) is 11.2 Å². The molecule has 11 heteroatoms. The fourth-order valence-electron chi connectivity index (χ4n) is 4.18. The average Bonchev–Trinajstić information content (AvgIpc) is 2.90. The minimum absolute atomic E-state index is 0.129. The number of nitro benzene ring substituents is 1. The molecule has 2 heterocycles. The molecule has 1 saturated heterocycles. The Kier molecular flexibility index (Phi) is 7.59. The smallest absolute Gasteiger partial charge is 0.329 e. The number of H-pyrrole nitrogens is 1. The van der Waals surface area contributed by atoms with Gasteiger partial charge in [-0.15, -0.1) is 0 Å². The van der Waals surface area contributed by atoms with Crippen molar-refractivity contribution in [2.24, 2.45) is 7.05 Å². The molecule has 2 N–H and O–H groups in total. The molecule has 11 nitrogen and oxygen atoms in total. The fourth-order valence-corrected chi connectivity index (χ4v) is 4.18. The van der Waals surface area contributed by atoms with E-state index >= 15 is 0 Å². The SMILES string of the molecule is Cn1c(=O)cc(N2CCN(CCCNc3ccc([N+](=O)[O-])cc3C(=O)c3ccccc3)CC2)[nH]c1=O. The van der Waals surface area contributed by atoms with E-state index in [9.17, 15) is 24.5 Å². The zero-order valence-corrected chi connectivity index (χ0v) is 20.0. The number of aromatic nitrogens is 2. The molecule has 1 aliphatic rings. The van der Waals surface area contributed by atoms with E-state index in [0.29, 0.717) is 36.7 Å². The Labute approximate surface area is 207 Å². The van der Waals surface area contributed by atoms with Gasteiger partial charge in [0, 0.05) is 69.2 Å². The molecule has 0 bridgehead atoms. The Balaban J connectivity index is 1.32. The summed E-state index contributed by atoms with van der Waals surface area (Å²) in [6.07, 6.45) is 0.804. The van der Waals surface area contributed by atoms with Crippen molar-refractivity contribution < 1.29 is 9.72 Å². The summed E-state index contributed by atoms with van der Waals surface area (Å²) in [5, 5.41) is 14.5. The molecule has 3 aromatic rings. The first-order valence-electron chi connectivity index (χ1n) is 11.7. The highest BCUT2D eigenvalue weighted by molar-refractivity contribution is 6.12. The number of hydrogen-bond acceptors (Lipinski definition) is 8. The summed E-state index contributed by atoms with van der Waals surface area (Å²) in [7, 11) is 1.44. The molecule has 0 amide bonds. The van der Waals surface area contributed by atoms with Crippen LogP contribution in [0, 0.1) is 10.1 Å². The van der Waals surface area contributed by atoms with Crippen LogP contribution in [0.15, 0.2) is 64.2 Å². The monoisotopic (exact) mass is 492 g/mol. The summed E-state index contributed by atoms with van der Waals surface area (Å²) >= 11 is 0. The lowest BCUT2D eigenvalue weighted by Crippen LogP contribution is -2.48. The highest BCUT2D eigenvalue weighted by Crippen LogP contribution is 2.25. The van der Waals surface area contributed by atoms with E-state index in [2.05, 4.69) is 15.2 Å². The van der Waals surface area contributed by atoms with Crippen LogP contribution in [0.4, 0.5) is 17.2 Å². The predicted molar refractivity (Wildman–Crippen MR) is 137 cm³/mol. The second kappa shape index (κ2) is 11.0. The third-order valence-corrected chi connectivity index (χ3v) is 6.30. The van der Waals surface area contributed by atoms with Crippen molar-refractivity contribution in [3.05, 3.63) is 96.7 Å². The van der Waals surface area contributed by atoms with Gasteiger partial charge in [-0.1, -0.05) is 30.3 Å². The Bertz CT molecular complexity index is 1330. The molecule has 0 radical (unpaired) electrons. The van der Waals surface area contributed by atoms with Crippen LogP contribution in [-0.4, -0.2) is 64.4 Å². The lowest BCUT2D eigenvalue weighted by atomic mass is 10.0. The summed E-state index contributed by atoms with van der Waals surface area (Å²) in [5.41, 5.74) is 0.411. The molecule has 0 aliphatic carbocycles. The number of anilines is 2. The minimum atomic E-state index is -0.506. The van der Waals surface area contributed by atoms with E-state index in [-0.39, 0.29) is 22.6 Å². The molecule has 1 aromatic heterocycles. The molecular weight excluding hydrogens is 464 g/mol. The molecule has 36 heavy (non-hydrogen) atoms. The van der Waals surface area contributed by atoms with Gasteiger partial charge < -0.3 is 10.2 Å². The number of aromatic amines is 1. The Morgan fingerprint density at radius 1 is 1.06 bits per heavy atom. The molecule has 2 aromatic carbocycles. The van der Waals surface area contributed by atoms with Crippen molar-refractivity contribution >= 4 is 23.0 Å². The molecule has 1 aliphatic heterocycles. The van der Waals surface area contributed by atoms with E-state index in [1.54, 1.807) is 30.3 Å². The number of nitro groups is 1. The van der Waals surface area contributed by atoms with Crippen molar-refractivity contribution in [1.82, 2.24) is 14.5 Å². The van der Waals surface area contributed by atoms with Crippen LogP contribution in [0.3, 0.4) is 0 Å². The number of hydrogen-bond donors (Lipinski definition) is 2. The maximum Gasteiger partial charge on any atom is 0.329 e. The van der Waals surface area contributed by atoms with Gasteiger partial charge >= 0.3 is 5.69 Å². The molecule has 1 fully saturated rings. The Morgan fingerprint density at radius 3 is 2.44 bits per heavy atom. The van der Waals surface area contributed by atoms with Crippen LogP contribution >= 0.6 is 0 Å². The van der Waals surface area contributed by atoms with Crippen LogP contribution in [-0.2, 0) is 7.05 Å². The standard InChI is InChI=1S/C25H28N6O5/c1-28-23(32)17-22(27-25(28)34)30-14-12-29(13-15-30)11-5-10-26-21-9-8-19(31(35)36)16-20(21)24(33)18-6-3-2-4-7-18/h2-4,6-9,16-17,26H,5,10-15H2,1H3,(H,27,34). The first-order valence-corrected chi connectivity index (χ1v) is 11.7. The first-order chi connectivity index (χ1) is 17.3. The van der Waals surface area contributed by atoms with Crippen LogP contribution in [0.25, 0.3) is 0 Å². The Hall–Kier alpha value is -4.25. The first kappa shape index (κ1) is 24.9. The Morgan fingerprint density at radius 2 is 1.78 bits per heavy atom. The van der Waals surface area contributed by atoms with Crippen LogP contribution < -0.4 is 21.5 Å². The minimum Gasteiger partial charge on any atom is -0.384 e. The van der Waals surface area contributed by atoms with E-state index in [0.717, 1.165) is 30.6 Å². The molecular formula is C25H28N6O5. The summed E-state index contributed by atoms with van der Waals surface area (Å²) in [5.74, 6) is 0.268. The third-order valence-electron chi connectivity index (χ3n) is 6.30. The van der Waals surface area contributed by atoms with Gasteiger partial charge in [0.2, 0.25) is 0 Å². The van der Waals surface area contributed by atoms with Gasteiger partial charge in [0.1, 0.15) is 5.82 Å². The number of benzene rings is 2. The van der Waals surface area contributed by atoms with E-state index in [1.165, 1.54) is 25.2 Å². The molecule has 0 saturated carbocycles. The molecule has 4 rings (SSSR count). The largest absolute Gasteiger partial charge is 0.384 e. The molecule has 0 unspecified atom stereocenters. The number of carbonyl (C=O) groups excluding carboxylic acids is 1. The van der Waals surface area contributed by atoms with E-state index < -0.39 is 10.6 Å². The van der Waals surface area contributed by atoms with Gasteiger partial charge in [-0.3, -0.25) is 34.2 Å². The van der Waals surface area contributed by atoms with Gasteiger partial charge in [-0.25, -0.2) is 4.79 Å². The maximum atomic E-state index is 13.0. The van der Waals surface area contributed by atoms with Crippen LogP contribution in [0.2, 0.25) is 0 Å². The van der Waals surface area contributed by atoms with Gasteiger partial charge in [0.05, 0.1) is 10.5 Å². The summed E-state index contributed by atoms with van der Waals surface area (Å²) in [6.45, 7) is 4.36. The van der Waals surface area contributed by atoms with Crippen molar-refractivity contribution in [2.75, 3.05) is 49.5 Å². The van der Waals surface area contributed by atoms with Crippen molar-refractivity contribution in [3.8, 4) is 0 Å². The summed E-state index contributed by atoms with van der Waals surface area (Å²) in [4.78, 5) is 54.6. The van der Waals surface area contributed by atoms with Crippen molar-refractivity contribution in [1.29, 1.82) is 0 Å². The number of carbonyl (C=O) groups is 1. The maximum absolute atomic E-state index is 13.0. The third kappa shape index (κ3) is 5.69. The lowest BCUT2D eigenvalue weighted by molar-refractivity contribution is -0.384. The second-order valence-electron chi connectivity index (χ2n) is 8.65. The molecule has 188 valence electrons. The van der Waals surface area contributed by atoms with E-state index in [1.807, 2.05) is 11.0 Å². The van der Waals surface area contributed by atoms with Gasteiger partial charge in [0.15, 0.2) is 5.78 Å². The normalized spacial score (nSPS) is 14.0. The number of rotatable bonds is 9. The zero-order valence-electron chi connectivity index (χ0n) is 20.0. The quantitative estimate of drug-likeness (QED) is 0.200. The van der Waals surface area contributed by atoms with Crippen LogP contribution in [0.1, 0.15) is 22.3 Å². The van der Waals surface area contributed by atoms with E-state index in [4.69, 9.17) is 0 Å². The number of nitrogens with zero attached hydrogens (tertiary/aromatic N) is 4. The van der Waals surface area contributed by atoms with Crippen molar-refractivity contribution in [3.63, 3.8) is 0 Å². The van der Waals surface area contributed by atoms with Crippen molar-refractivity contribution in [2.45, 2.75) is 6.42 Å².